The maximum Gasteiger partial charge on any atom is 0.340 e. The summed E-state index contributed by atoms with van der Waals surface area (Å²) in [4.78, 5) is 26.1. The molecule has 1 unspecified atom stereocenters. The van der Waals surface area contributed by atoms with Crippen molar-refractivity contribution in [2.24, 2.45) is 0 Å². The van der Waals surface area contributed by atoms with E-state index < -0.39 is 17.1 Å². The average Bonchev–Trinajstić information content (AvgIpc) is 2.60. The molecule has 0 saturated carbocycles. The Bertz CT molecular complexity index is 994. The zero-order valence-electron chi connectivity index (χ0n) is 12.9. The van der Waals surface area contributed by atoms with Crippen LogP contribution in [-0.4, -0.2) is 28.3 Å². The predicted molar refractivity (Wildman–Crippen MR) is 93.3 cm³/mol. The van der Waals surface area contributed by atoms with Gasteiger partial charge in [-0.25, -0.2) is 4.79 Å². The fraction of sp³-hybridized carbons (Fsp3) is 0.0526. The highest BCUT2D eigenvalue weighted by Gasteiger charge is 2.44. The van der Waals surface area contributed by atoms with Crippen LogP contribution in [0.4, 0.5) is 0 Å². The molecule has 1 atom stereocenters. The van der Waals surface area contributed by atoms with Crippen LogP contribution in [0.25, 0.3) is 10.8 Å². The van der Waals surface area contributed by atoms with Crippen LogP contribution < -0.4 is 0 Å². The zero-order valence-corrected chi connectivity index (χ0v) is 13.7. The molecule has 0 bridgehead atoms. The highest BCUT2D eigenvalue weighted by Crippen LogP contribution is 2.39. The van der Waals surface area contributed by atoms with Crippen LogP contribution in [-0.2, 0) is 11.1 Å². The number of hydrogen-bond acceptors (Lipinski definition) is 2. The standard InChI is InChI=1S/C19H13NO3S/c1-20-18(21)14-9-4-6-12-7-5-11-16(17(12)14)24(20)15-10-3-2-8-13(15)19(22)23/h2-11H,1H3/p+1. The highest BCUT2D eigenvalue weighted by atomic mass is 32.2. The summed E-state index contributed by atoms with van der Waals surface area (Å²) in [5, 5.41) is 11.5. The van der Waals surface area contributed by atoms with E-state index in [9.17, 15) is 14.7 Å². The Balaban J connectivity index is 2.06. The third-order valence-corrected chi connectivity index (χ3v) is 6.43. The van der Waals surface area contributed by atoms with Crippen molar-refractivity contribution in [3.05, 3.63) is 71.8 Å². The van der Waals surface area contributed by atoms with E-state index >= 15 is 0 Å². The summed E-state index contributed by atoms with van der Waals surface area (Å²) in [7, 11) is 1.73. The first-order chi connectivity index (χ1) is 11.6. The lowest BCUT2D eigenvalue weighted by Gasteiger charge is -2.24. The fourth-order valence-electron chi connectivity index (χ4n) is 3.12. The molecule has 0 fully saturated rings. The number of amides is 1. The molecule has 118 valence electrons. The Morgan fingerprint density at radius 3 is 2.38 bits per heavy atom. The molecular formula is C19H14NO3S+. The van der Waals surface area contributed by atoms with E-state index in [1.165, 1.54) is 0 Å². The normalized spacial score (nSPS) is 16.5. The second kappa shape index (κ2) is 5.39. The van der Waals surface area contributed by atoms with Gasteiger partial charge in [-0.05, 0) is 29.7 Å². The van der Waals surface area contributed by atoms with Crippen molar-refractivity contribution >= 4 is 33.7 Å². The summed E-state index contributed by atoms with van der Waals surface area (Å²) in [6.45, 7) is 0. The molecule has 1 aliphatic rings. The number of carbonyl (C=O) groups excluding carboxylic acids is 1. The van der Waals surface area contributed by atoms with Crippen molar-refractivity contribution in [2.75, 3.05) is 7.05 Å². The van der Waals surface area contributed by atoms with Crippen LogP contribution in [0.15, 0.2) is 70.5 Å². The molecule has 3 aromatic rings. The molecule has 1 heterocycles. The molecule has 1 aliphatic heterocycles. The third-order valence-electron chi connectivity index (χ3n) is 4.19. The van der Waals surface area contributed by atoms with Crippen LogP contribution in [0.1, 0.15) is 20.7 Å². The van der Waals surface area contributed by atoms with Gasteiger partial charge < -0.3 is 5.11 Å². The lowest BCUT2D eigenvalue weighted by atomic mass is 10.0. The van der Waals surface area contributed by atoms with Gasteiger partial charge in [0.25, 0.3) is 5.91 Å². The first-order valence-corrected chi connectivity index (χ1v) is 8.64. The predicted octanol–water partition coefficient (Wildman–Crippen LogP) is 3.57. The number of hydrogen-bond donors (Lipinski definition) is 1. The van der Waals surface area contributed by atoms with Gasteiger partial charge in [0.15, 0.2) is 16.0 Å². The fourth-order valence-corrected chi connectivity index (χ4v) is 5.41. The quantitative estimate of drug-likeness (QED) is 0.728. The average molecular weight is 336 g/mol. The maximum atomic E-state index is 12.9. The molecule has 4 rings (SSSR count). The molecular weight excluding hydrogens is 322 g/mol. The van der Waals surface area contributed by atoms with Gasteiger partial charge in [0, 0.05) is 0 Å². The number of rotatable bonds is 2. The highest BCUT2D eigenvalue weighted by molar-refractivity contribution is 7.95. The maximum absolute atomic E-state index is 12.9. The Hall–Kier alpha value is -2.79. The second-order valence-corrected chi connectivity index (χ2v) is 7.55. The Labute approximate surface area is 141 Å². The number of aromatic carboxylic acids is 1. The summed E-state index contributed by atoms with van der Waals surface area (Å²) in [6.07, 6.45) is 0. The second-order valence-electron chi connectivity index (χ2n) is 5.55. The molecule has 5 heteroatoms. The monoisotopic (exact) mass is 336 g/mol. The van der Waals surface area contributed by atoms with Gasteiger partial charge in [-0.1, -0.05) is 36.4 Å². The van der Waals surface area contributed by atoms with Crippen molar-refractivity contribution in [3.8, 4) is 0 Å². The first kappa shape index (κ1) is 14.8. The molecule has 1 amide bonds. The van der Waals surface area contributed by atoms with Gasteiger partial charge in [-0.2, -0.15) is 0 Å². The van der Waals surface area contributed by atoms with Crippen molar-refractivity contribution in [1.29, 1.82) is 0 Å². The molecule has 4 nitrogen and oxygen atoms in total. The summed E-state index contributed by atoms with van der Waals surface area (Å²) in [6, 6.07) is 18.5. The van der Waals surface area contributed by atoms with Crippen molar-refractivity contribution < 1.29 is 14.7 Å². The first-order valence-electron chi connectivity index (χ1n) is 7.46. The summed E-state index contributed by atoms with van der Waals surface area (Å²) >= 11 is -0.760. The zero-order chi connectivity index (χ0) is 16.8. The van der Waals surface area contributed by atoms with Gasteiger partial charge >= 0.3 is 5.97 Å². The molecule has 24 heavy (non-hydrogen) atoms. The van der Waals surface area contributed by atoms with E-state index in [2.05, 4.69) is 0 Å². The van der Waals surface area contributed by atoms with Gasteiger partial charge in [0.1, 0.15) is 5.56 Å². The minimum atomic E-state index is -0.981. The molecule has 0 radical (unpaired) electrons. The van der Waals surface area contributed by atoms with E-state index in [1.807, 2.05) is 42.5 Å². The van der Waals surface area contributed by atoms with Crippen LogP contribution in [0.2, 0.25) is 0 Å². The van der Waals surface area contributed by atoms with Crippen LogP contribution in [0.3, 0.4) is 0 Å². The molecule has 1 N–H and O–H groups in total. The van der Waals surface area contributed by atoms with Gasteiger partial charge in [0.05, 0.1) is 18.0 Å². The SMILES string of the molecule is CN1C(=O)c2cccc3cccc(c23)[S+]1c1ccccc1C(=O)O. The summed E-state index contributed by atoms with van der Waals surface area (Å²) < 4.78 is 1.65. The van der Waals surface area contributed by atoms with E-state index in [4.69, 9.17) is 0 Å². The number of benzene rings is 3. The van der Waals surface area contributed by atoms with Crippen LogP contribution in [0, 0.1) is 0 Å². The number of carbonyl (C=O) groups is 2. The molecule has 0 aromatic heterocycles. The Morgan fingerprint density at radius 2 is 1.62 bits per heavy atom. The molecule has 0 spiro atoms. The van der Waals surface area contributed by atoms with Crippen LogP contribution in [0.5, 0.6) is 0 Å². The number of carboxylic acids is 1. The minimum Gasteiger partial charge on any atom is -0.478 e. The largest absolute Gasteiger partial charge is 0.478 e. The van der Waals surface area contributed by atoms with E-state index in [0.29, 0.717) is 10.5 Å². The number of carboxylic acid groups (broad SMARTS) is 1. The van der Waals surface area contributed by atoms with Crippen molar-refractivity contribution in [1.82, 2.24) is 4.31 Å². The van der Waals surface area contributed by atoms with Crippen molar-refractivity contribution in [3.63, 3.8) is 0 Å². The third kappa shape index (κ3) is 2.02. The van der Waals surface area contributed by atoms with Gasteiger partial charge in [0.2, 0.25) is 4.90 Å². The van der Waals surface area contributed by atoms with Gasteiger partial charge in [-0.3, -0.25) is 4.79 Å². The Morgan fingerprint density at radius 1 is 0.958 bits per heavy atom. The smallest absolute Gasteiger partial charge is 0.340 e. The van der Waals surface area contributed by atoms with Crippen LogP contribution >= 0.6 is 0 Å². The molecule has 3 aromatic carbocycles. The summed E-state index contributed by atoms with van der Waals surface area (Å²) in [5.74, 6) is -1.06. The van der Waals surface area contributed by atoms with Crippen molar-refractivity contribution in [2.45, 2.75) is 9.79 Å². The summed E-state index contributed by atoms with van der Waals surface area (Å²) in [5.41, 5.74) is 0.902. The topological polar surface area (TPSA) is 57.6 Å². The Kier molecular flexibility index (Phi) is 3.32. The van der Waals surface area contributed by atoms with E-state index in [-0.39, 0.29) is 11.5 Å². The molecule has 0 saturated heterocycles. The number of nitrogens with zero attached hydrogens (tertiary/aromatic N) is 1. The minimum absolute atomic E-state index is 0.0807. The lowest BCUT2D eigenvalue weighted by Crippen LogP contribution is -2.37. The van der Waals surface area contributed by atoms with E-state index in [0.717, 1.165) is 15.7 Å². The lowest BCUT2D eigenvalue weighted by molar-refractivity contribution is 0.0692. The van der Waals surface area contributed by atoms with E-state index in [1.54, 1.807) is 29.6 Å². The molecule has 0 aliphatic carbocycles. The van der Waals surface area contributed by atoms with Gasteiger partial charge in [-0.15, -0.1) is 4.31 Å².